The van der Waals surface area contributed by atoms with Crippen molar-refractivity contribution in [2.75, 3.05) is 0 Å². The fourth-order valence-electron chi connectivity index (χ4n) is 3.29. The number of aliphatic carboxylic acids is 1. The minimum Gasteiger partial charge on any atom is -0.480 e. The maximum Gasteiger partial charge on any atom is 0.326 e. The van der Waals surface area contributed by atoms with Crippen molar-refractivity contribution in [1.82, 2.24) is 16.0 Å². The first-order valence-corrected chi connectivity index (χ1v) is 11.4. The molecule has 0 heterocycles. The molecular weight excluding hydrogens is 424 g/mol. The highest BCUT2D eigenvalue weighted by Crippen LogP contribution is 2.09. The van der Waals surface area contributed by atoms with Crippen LogP contribution in [0.15, 0.2) is 30.3 Å². The van der Waals surface area contributed by atoms with Crippen LogP contribution in [0.1, 0.15) is 53.0 Å². The molecule has 1 aromatic rings. The van der Waals surface area contributed by atoms with Gasteiger partial charge in [-0.3, -0.25) is 14.4 Å². The monoisotopic (exact) mass is 462 g/mol. The predicted molar refractivity (Wildman–Crippen MR) is 126 cm³/mol. The van der Waals surface area contributed by atoms with Gasteiger partial charge in [-0.25, -0.2) is 4.79 Å². The van der Waals surface area contributed by atoms with Gasteiger partial charge in [-0.1, -0.05) is 64.4 Å². The van der Waals surface area contributed by atoms with Crippen LogP contribution in [0.4, 0.5) is 0 Å². The van der Waals surface area contributed by atoms with Gasteiger partial charge in [0.05, 0.1) is 6.04 Å². The minimum atomic E-state index is -1.13. The molecule has 0 aromatic heterocycles. The van der Waals surface area contributed by atoms with E-state index in [9.17, 15) is 24.3 Å². The molecule has 0 radical (unpaired) electrons. The van der Waals surface area contributed by atoms with Crippen LogP contribution in [-0.2, 0) is 25.6 Å². The van der Waals surface area contributed by atoms with Crippen LogP contribution >= 0.6 is 0 Å². The number of benzene rings is 1. The van der Waals surface area contributed by atoms with Gasteiger partial charge < -0.3 is 26.8 Å². The smallest absolute Gasteiger partial charge is 0.326 e. The highest BCUT2D eigenvalue weighted by atomic mass is 16.4. The fraction of sp³-hybridized carbons (Fsp3) is 0.583. The largest absolute Gasteiger partial charge is 0.480 e. The van der Waals surface area contributed by atoms with Crippen LogP contribution < -0.4 is 21.7 Å². The number of hydrogen-bond donors (Lipinski definition) is 5. The van der Waals surface area contributed by atoms with Gasteiger partial charge in [0.1, 0.15) is 18.1 Å². The Morgan fingerprint density at radius 2 is 1.52 bits per heavy atom. The number of nitrogens with two attached hydrogens (primary N) is 1. The molecule has 33 heavy (non-hydrogen) atoms. The SMILES string of the molecule is CCC(C)C(NC(=O)C(C)NC(=O)C(Cc1ccccc1)NC(=O)C(N)CC(C)C)C(=O)O. The number of carboxylic acids is 1. The van der Waals surface area contributed by atoms with Crippen molar-refractivity contribution in [3.05, 3.63) is 35.9 Å². The Hall–Kier alpha value is -2.94. The van der Waals surface area contributed by atoms with Gasteiger partial charge in [0, 0.05) is 6.42 Å². The molecule has 0 fully saturated rings. The molecule has 9 nitrogen and oxygen atoms in total. The molecule has 5 atom stereocenters. The van der Waals surface area contributed by atoms with E-state index in [4.69, 9.17) is 5.73 Å². The zero-order valence-electron chi connectivity index (χ0n) is 20.1. The van der Waals surface area contributed by atoms with Crippen LogP contribution in [0.2, 0.25) is 0 Å². The van der Waals surface area contributed by atoms with Crippen molar-refractivity contribution in [3.63, 3.8) is 0 Å². The van der Waals surface area contributed by atoms with Crippen molar-refractivity contribution < 1.29 is 24.3 Å². The van der Waals surface area contributed by atoms with Crippen LogP contribution in [-0.4, -0.2) is 53.0 Å². The quantitative estimate of drug-likeness (QED) is 0.297. The van der Waals surface area contributed by atoms with Gasteiger partial charge >= 0.3 is 5.97 Å². The summed E-state index contributed by atoms with van der Waals surface area (Å²) < 4.78 is 0. The molecule has 0 aliphatic rings. The molecule has 3 amide bonds. The molecule has 6 N–H and O–H groups in total. The first kappa shape index (κ1) is 28.1. The summed E-state index contributed by atoms with van der Waals surface area (Å²) in [6.07, 6.45) is 1.25. The Kier molecular flexibility index (Phi) is 11.6. The zero-order valence-corrected chi connectivity index (χ0v) is 20.1. The van der Waals surface area contributed by atoms with E-state index in [1.165, 1.54) is 6.92 Å². The van der Waals surface area contributed by atoms with Crippen molar-refractivity contribution in [2.24, 2.45) is 17.6 Å². The number of carbonyl (C=O) groups excluding carboxylic acids is 3. The van der Waals surface area contributed by atoms with E-state index >= 15 is 0 Å². The lowest BCUT2D eigenvalue weighted by Gasteiger charge is -2.25. The first-order chi connectivity index (χ1) is 15.5. The molecule has 1 aromatic carbocycles. The number of carboxylic acid groups (broad SMARTS) is 1. The van der Waals surface area contributed by atoms with Crippen molar-refractivity contribution >= 4 is 23.7 Å². The summed E-state index contributed by atoms with van der Waals surface area (Å²) in [6.45, 7) is 8.93. The molecule has 0 bridgehead atoms. The summed E-state index contributed by atoms with van der Waals surface area (Å²) in [7, 11) is 0. The maximum absolute atomic E-state index is 13.0. The van der Waals surface area contributed by atoms with Crippen LogP contribution in [0.5, 0.6) is 0 Å². The molecule has 1 rings (SSSR count). The summed E-state index contributed by atoms with van der Waals surface area (Å²) >= 11 is 0. The first-order valence-electron chi connectivity index (χ1n) is 11.4. The van der Waals surface area contributed by atoms with Crippen molar-refractivity contribution in [3.8, 4) is 0 Å². The molecule has 9 heteroatoms. The molecular formula is C24H38N4O5. The normalized spacial score (nSPS) is 15.6. The molecule has 5 unspecified atom stereocenters. The van der Waals surface area contributed by atoms with E-state index in [0.717, 1.165) is 5.56 Å². The Balaban J connectivity index is 2.91. The molecule has 0 aliphatic carbocycles. The summed E-state index contributed by atoms with van der Waals surface area (Å²) in [4.78, 5) is 49.6. The third kappa shape index (κ3) is 9.61. The second-order valence-corrected chi connectivity index (χ2v) is 8.93. The fourth-order valence-corrected chi connectivity index (χ4v) is 3.29. The second-order valence-electron chi connectivity index (χ2n) is 8.93. The van der Waals surface area contributed by atoms with Gasteiger partial charge in [0.25, 0.3) is 0 Å². The van der Waals surface area contributed by atoms with Gasteiger partial charge in [-0.2, -0.15) is 0 Å². The van der Waals surface area contributed by atoms with Gasteiger partial charge in [0.2, 0.25) is 17.7 Å². The summed E-state index contributed by atoms with van der Waals surface area (Å²) in [5.41, 5.74) is 6.80. The standard InChI is InChI=1S/C24H38N4O5/c1-6-15(4)20(24(32)33)28-21(29)16(5)26-23(31)19(13-17-10-8-7-9-11-17)27-22(30)18(25)12-14(2)3/h7-11,14-16,18-20H,6,12-13,25H2,1-5H3,(H,26,31)(H,27,30)(H,28,29)(H,32,33). The highest BCUT2D eigenvalue weighted by molar-refractivity contribution is 5.94. The lowest BCUT2D eigenvalue weighted by molar-refractivity contribution is -0.143. The maximum atomic E-state index is 13.0. The topological polar surface area (TPSA) is 151 Å². The Labute approximate surface area is 195 Å². The number of hydrogen-bond acceptors (Lipinski definition) is 5. The second kappa shape index (κ2) is 13.6. The van der Waals surface area contributed by atoms with Gasteiger partial charge in [-0.15, -0.1) is 0 Å². The Bertz CT molecular complexity index is 799. The highest BCUT2D eigenvalue weighted by Gasteiger charge is 2.30. The zero-order chi connectivity index (χ0) is 25.1. The van der Waals surface area contributed by atoms with E-state index in [1.807, 2.05) is 51.1 Å². The lowest BCUT2D eigenvalue weighted by Crippen LogP contribution is -2.57. The van der Waals surface area contributed by atoms with Crippen LogP contribution in [0.3, 0.4) is 0 Å². The van der Waals surface area contributed by atoms with Crippen LogP contribution in [0.25, 0.3) is 0 Å². The number of rotatable bonds is 13. The third-order valence-corrected chi connectivity index (χ3v) is 5.51. The van der Waals surface area contributed by atoms with E-state index in [-0.39, 0.29) is 18.3 Å². The third-order valence-electron chi connectivity index (χ3n) is 5.51. The average molecular weight is 463 g/mol. The Morgan fingerprint density at radius 1 is 0.909 bits per heavy atom. The van der Waals surface area contributed by atoms with E-state index < -0.39 is 47.9 Å². The predicted octanol–water partition coefficient (Wildman–Crippen LogP) is 1.21. The molecule has 0 spiro atoms. The summed E-state index contributed by atoms with van der Waals surface area (Å²) in [5, 5.41) is 17.2. The molecule has 184 valence electrons. The number of nitrogens with one attached hydrogen (secondary N) is 3. The summed E-state index contributed by atoms with van der Waals surface area (Å²) in [5.74, 6) is -2.81. The summed E-state index contributed by atoms with van der Waals surface area (Å²) in [6, 6.07) is 5.40. The van der Waals surface area contributed by atoms with Crippen molar-refractivity contribution in [2.45, 2.75) is 78.0 Å². The molecule has 0 saturated heterocycles. The Morgan fingerprint density at radius 3 is 2.03 bits per heavy atom. The minimum absolute atomic E-state index is 0.212. The van der Waals surface area contributed by atoms with Gasteiger partial charge in [-0.05, 0) is 30.7 Å². The average Bonchev–Trinajstić information content (AvgIpc) is 2.76. The lowest BCUT2D eigenvalue weighted by atomic mass is 9.99. The van der Waals surface area contributed by atoms with E-state index in [2.05, 4.69) is 16.0 Å². The molecule has 0 saturated carbocycles. The van der Waals surface area contributed by atoms with E-state index in [0.29, 0.717) is 12.8 Å². The van der Waals surface area contributed by atoms with E-state index in [1.54, 1.807) is 6.92 Å². The van der Waals surface area contributed by atoms with Crippen LogP contribution in [0, 0.1) is 11.8 Å². The molecule has 0 aliphatic heterocycles. The van der Waals surface area contributed by atoms with Crippen molar-refractivity contribution in [1.29, 1.82) is 0 Å². The number of amides is 3. The number of carbonyl (C=O) groups is 4. The van der Waals surface area contributed by atoms with Gasteiger partial charge in [0.15, 0.2) is 0 Å².